The van der Waals surface area contributed by atoms with Crippen molar-refractivity contribution in [2.45, 2.75) is 44.6 Å². The first kappa shape index (κ1) is 11.6. The summed E-state index contributed by atoms with van der Waals surface area (Å²) in [6.07, 6.45) is 3.40. The monoisotopic (exact) mass is 236 g/mol. The van der Waals surface area contributed by atoms with Crippen molar-refractivity contribution in [3.05, 3.63) is 15.6 Å². The summed E-state index contributed by atoms with van der Waals surface area (Å²) >= 11 is 1.67. The van der Waals surface area contributed by atoms with Crippen LogP contribution in [0.25, 0.3) is 0 Å². The molecule has 1 heterocycles. The highest BCUT2D eigenvalue weighted by molar-refractivity contribution is 7.12. The average Bonchev–Trinajstić information content (AvgIpc) is 2.73. The second kappa shape index (κ2) is 4.15. The highest BCUT2D eigenvalue weighted by atomic mass is 32.1. The average molecular weight is 236 g/mol. The fourth-order valence-electron chi connectivity index (χ4n) is 1.92. The molecule has 4 heteroatoms. The molecule has 1 unspecified atom stereocenters. The van der Waals surface area contributed by atoms with E-state index in [0.29, 0.717) is 0 Å². The number of thiazole rings is 1. The van der Waals surface area contributed by atoms with Crippen molar-refractivity contribution in [2.24, 2.45) is 0 Å². The smallest absolute Gasteiger partial charge is 0.113 e. The molecule has 0 amide bonds. The van der Waals surface area contributed by atoms with Crippen LogP contribution < -0.4 is 0 Å². The molecule has 0 aliphatic heterocycles. The molecule has 0 spiro atoms. The van der Waals surface area contributed by atoms with Gasteiger partial charge in [-0.25, -0.2) is 4.98 Å². The van der Waals surface area contributed by atoms with E-state index >= 15 is 0 Å². The van der Waals surface area contributed by atoms with E-state index in [1.165, 1.54) is 4.88 Å². The Morgan fingerprint density at radius 1 is 1.56 bits per heavy atom. The van der Waals surface area contributed by atoms with Crippen molar-refractivity contribution in [3.8, 4) is 6.07 Å². The minimum atomic E-state index is -0.486. The molecule has 0 saturated heterocycles. The molecule has 86 valence electrons. The van der Waals surface area contributed by atoms with Crippen molar-refractivity contribution in [2.75, 3.05) is 7.11 Å². The van der Waals surface area contributed by atoms with Crippen LogP contribution in [0.3, 0.4) is 0 Å². The molecular formula is C12H16N2OS. The van der Waals surface area contributed by atoms with Gasteiger partial charge in [0.05, 0.1) is 11.8 Å². The number of methoxy groups -OCH3 is 1. The van der Waals surface area contributed by atoms with Crippen LogP contribution in [0.4, 0.5) is 0 Å². The summed E-state index contributed by atoms with van der Waals surface area (Å²) in [6, 6.07) is 2.31. The Balaban J connectivity index is 2.40. The number of nitriles is 1. The Bertz CT molecular complexity index is 431. The Morgan fingerprint density at radius 2 is 2.31 bits per heavy atom. The molecule has 0 saturated carbocycles. The third-order valence-corrected chi connectivity index (χ3v) is 4.46. The van der Waals surface area contributed by atoms with Gasteiger partial charge in [-0.2, -0.15) is 5.26 Å². The molecule has 0 aromatic carbocycles. The predicted octanol–water partition coefficient (Wildman–Crippen LogP) is 2.97. The summed E-state index contributed by atoms with van der Waals surface area (Å²) in [6.45, 7) is 3.83. The molecule has 2 rings (SSSR count). The lowest BCUT2D eigenvalue weighted by Crippen LogP contribution is -2.14. The number of aryl methyl sites for hydroxylation is 1. The number of ether oxygens (including phenoxy) is 1. The first-order chi connectivity index (χ1) is 7.58. The highest BCUT2D eigenvalue weighted by Crippen LogP contribution is 2.38. The minimum Gasteiger partial charge on any atom is -0.375 e. The van der Waals surface area contributed by atoms with Gasteiger partial charge in [-0.05, 0) is 33.1 Å². The van der Waals surface area contributed by atoms with E-state index in [1.807, 2.05) is 13.8 Å². The lowest BCUT2D eigenvalue weighted by Gasteiger charge is -2.19. The van der Waals surface area contributed by atoms with E-state index in [9.17, 15) is 0 Å². The summed E-state index contributed by atoms with van der Waals surface area (Å²) in [7, 11) is 1.73. The van der Waals surface area contributed by atoms with Crippen molar-refractivity contribution in [1.29, 1.82) is 5.26 Å². The number of aromatic nitrogens is 1. The van der Waals surface area contributed by atoms with Gasteiger partial charge in [0.25, 0.3) is 0 Å². The standard InChI is InChI=1S/C12H16N2OS/c1-12(2,7-13)11-14-10-8(15-3)5-4-6-9(10)16-11/h8H,4-6H2,1-3H3. The maximum atomic E-state index is 9.12. The number of rotatable bonds is 2. The van der Waals surface area contributed by atoms with Crippen LogP contribution in [0.5, 0.6) is 0 Å². The van der Waals surface area contributed by atoms with Crippen molar-refractivity contribution >= 4 is 11.3 Å². The zero-order valence-electron chi connectivity index (χ0n) is 9.91. The number of hydrogen-bond acceptors (Lipinski definition) is 4. The summed E-state index contributed by atoms with van der Waals surface area (Å²) < 4.78 is 5.44. The molecule has 1 aromatic rings. The fourth-order valence-corrected chi connectivity index (χ4v) is 3.13. The van der Waals surface area contributed by atoms with E-state index in [4.69, 9.17) is 10.00 Å². The van der Waals surface area contributed by atoms with Gasteiger partial charge < -0.3 is 4.74 Å². The summed E-state index contributed by atoms with van der Waals surface area (Å²) in [5.74, 6) is 0. The minimum absolute atomic E-state index is 0.128. The molecule has 0 bridgehead atoms. The maximum Gasteiger partial charge on any atom is 0.113 e. The SMILES string of the molecule is COC1CCCc2sc(C(C)(C)C#N)nc21. The van der Waals surface area contributed by atoms with Crippen molar-refractivity contribution < 1.29 is 4.74 Å². The van der Waals surface area contributed by atoms with Gasteiger partial charge in [0.2, 0.25) is 0 Å². The Labute approximate surface area is 100 Å². The zero-order chi connectivity index (χ0) is 11.8. The van der Waals surface area contributed by atoms with Crippen LogP contribution in [0, 0.1) is 11.3 Å². The quantitative estimate of drug-likeness (QED) is 0.793. The number of nitrogens with zero attached hydrogens (tertiary/aromatic N) is 2. The Morgan fingerprint density at radius 3 is 2.94 bits per heavy atom. The second-order valence-electron chi connectivity index (χ2n) is 4.68. The van der Waals surface area contributed by atoms with Crippen molar-refractivity contribution in [1.82, 2.24) is 4.98 Å². The van der Waals surface area contributed by atoms with Gasteiger partial charge in [0, 0.05) is 12.0 Å². The van der Waals surface area contributed by atoms with E-state index in [-0.39, 0.29) is 6.10 Å². The molecular weight excluding hydrogens is 220 g/mol. The molecule has 1 aliphatic rings. The van der Waals surface area contributed by atoms with Crippen LogP contribution in [-0.4, -0.2) is 12.1 Å². The first-order valence-electron chi connectivity index (χ1n) is 5.52. The maximum absolute atomic E-state index is 9.12. The third-order valence-electron chi connectivity index (χ3n) is 3.00. The van der Waals surface area contributed by atoms with Crippen LogP contribution in [0.2, 0.25) is 0 Å². The topological polar surface area (TPSA) is 45.9 Å². The lowest BCUT2D eigenvalue weighted by molar-refractivity contribution is 0.0851. The van der Waals surface area contributed by atoms with E-state index in [1.54, 1.807) is 18.4 Å². The number of fused-ring (bicyclic) bond motifs is 1. The normalized spacial score (nSPS) is 20.2. The van der Waals surface area contributed by atoms with Crippen LogP contribution >= 0.6 is 11.3 Å². The molecule has 1 aromatic heterocycles. The molecule has 16 heavy (non-hydrogen) atoms. The van der Waals surface area contributed by atoms with Crippen LogP contribution in [0.15, 0.2) is 0 Å². The molecule has 3 nitrogen and oxygen atoms in total. The van der Waals surface area contributed by atoms with Gasteiger partial charge >= 0.3 is 0 Å². The summed E-state index contributed by atoms with van der Waals surface area (Å²) in [5.41, 5.74) is 0.581. The van der Waals surface area contributed by atoms with E-state index in [2.05, 4.69) is 11.1 Å². The Kier molecular flexibility index (Phi) is 3.00. The van der Waals surface area contributed by atoms with Gasteiger partial charge in [-0.1, -0.05) is 0 Å². The van der Waals surface area contributed by atoms with Crippen molar-refractivity contribution in [3.63, 3.8) is 0 Å². The fraction of sp³-hybridized carbons (Fsp3) is 0.667. The van der Waals surface area contributed by atoms with Gasteiger partial charge in [-0.3, -0.25) is 0 Å². The Hall–Kier alpha value is -0.920. The van der Waals surface area contributed by atoms with Gasteiger partial charge in [0.1, 0.15) is 16.5 Å². The third kappa shape index (κ3) is 1.85. The van der Waals surface area contributed by atoms with Gasteiger partial charge in [0.15, 0.2) is 0 Å². The molecule has 1 aliphatic carbocycles. The molecule has 0 fully saturated rings. The largest absolute Gasteiger partial charge is 0.375 e. The summed E-state index contributed by atoms with van der Waals surface area (Å²) in [5, 5.41) is 10.0. The molecule has 0 radical (unpaired) electrons. The number of hydrogen-bond donors (Lipinski definition) is 0. The summed E-state index contributed by atoms with van der Waals surface area (Å²) in [4.78, 5) is 5.92. The lowest BCUT2D eigenvalue weighted by atomic mass is 9.96. The predicted molar refractivity (Wildman–Crippen MR) is 63.4 cm³/mol. The highest BCUT2D eigenvalue weighted by Gasteiger charge is 2.30. The second-order valence-corrected chi connectivity index (χ2v) is 5.76. The van der Waals surface area contributed by atoms with E-state index < -0.39 is 5.41 Å². The van der Waals surface area contributed by atoms with Crippen LogP contribution in [0.1, 0.15) is 48.4 Å². The molecule has 1 atom stereocenters. The van der Waals surface area contributed by atoms with Gasteiger partial charge in [-0.15, -0.1) is 11.3 Å². The van der Waals surface area contributed by atoms with E-state index in [0.717, 1.165) is 30.0 Å². The molecule has 0 N–H and O–H groups in total. The first-order valence-corrected chi connectivity index (χ1v) is 6.34. The zero-order valence-corrected chi connectivity index (χ0v) is 10.7. The van der Waals surface area contributed by atoms with Crippen LogP contribution in [-0.2, 0) is 16.6 Å².